The van der Waals surface area contributed by atoms with Gasteiger partial charge in [-0.05, 0) is 92.6 Å². The van der Waals surface area contributed by atoms with Crippen molar-refractivity contribution in [2.24, 2.45) is 0 Å². The summed E-state index contributed by atoms with van der Waals surface area (Å²) in [5, 5.41) is 4.87. The first-order valence-corrected chi connectivity index (χ1v) is 14.2. The molecule has 1 amide bonds. The van der Waals surface area contributed by atoms with Gasteiger partial charge in [0.15, 0.2) is 0 Å². The Hall–Kier alpha value is -3.86. The summed E-state index contributed by atoms with van der Waals surface area (Å²) in [6.45, 7) is 7.43. The molecule has 1 unspecified atom stereocenters. The molecule has 1 saturated heterocycles. The first-order valence-electron chi connectivity index (χ1n) is 14.2. The van der Waals surface area contributed by atoms with Crippen LogP contribution in [0, 0.1) is 0 Å². The summed E-state index contributed by atoms with van der Waals surface area (Å²) in [7, 11) is 0. The fourth-order valence-electron chi connectivity index (χ4n) is 5.93. The summed E-state index contributed by atoms with van der Waals surface area (Å²) >= 11 is 0. The molecule has 0 bridgehead atoms. The Kier molecular flexibility index (Phi) is 6.76. The zero-order valence-corrected chi connectivity index (χ0v) is 23.2. The Morgan fingerprint density at radius 2 is 1.59 bits per heavy atom. The Labute approximate surface area is 230 Å². The van der Waals surface area contributed by atoms with Crippen molar-refractivity contribution in [2.45, 2.75) is 71.1 Å². The van der Waals surface area contributed by atoms with Gasteiger partial charge in [-0.3, -0.25) is 0 Å². The van der Waals surface area contributed by atoms with Crippen molar-refractivity contribution in [1.29, 1.82) is 0 Å². The number of aromatic nitrogens is 2. The quantitative estimate of drug-likeness (QED) is 0.234. The summed E-state index contributed by atoms with van der Waals surface area (Å²) in [5.41, 5.74) is 2.82. The summed E-state index contributed by atoms with van der Waals surface area (Å²) < 4.78 is 8.12. The van der Waals surface area contributed by atoms with E-state index >= 15 is 0 Å². The summed E-state index contributed by atoms with van der Waals surface area (Å²) in [5.74, 6) is 0.999. The number of hydrogen-bond acceptors (Lipinski definition) is 3. The van der Waals surface area contributed by atoms with Crippen LogP contribution in [-0.4, -0.2) is 38.7 Å². The van der Waals surface area contributed by atoms with E-state index in [1.54, 1.807) is 0 Å². The molecule has 5 nitrogen and oxygen atoms in total. The molecule has 2 heterocycles. The number of ether oxygens (including phenoxy) is 1. The van der Waals surface area contributed by atoms with Gasteiger partial charge in [0.2, 0.25) is 0 Å². The van der Waals surface area contributed by atoms with Crippen LogP contribution >= 0.6 is 0 Å². The van der Waals surface area contributed by atoms with E-state index in [9.17, 15) is 4.79 Å². The van der Waals surface area contributed by atoms with Crippen molar-refractivity contribution in [2.75, 3.05) is 6.54 Å². The van der Waals surface area contributed by atoms with Gasteiger partial charge in [0.25, 0.3) is 0 Å². The summed E-state index contributed by atoms with van der Waals surface area (Å²) in [6.07, 6.45) is 4.97. The number of rotatable bonds is 5. The van der Waals surface area contributed by atoms with E-state index in [-0.39, 0.29) is 12.1 Å². The molecule has 1 fully saturated rings. The van der Waals surface area contributed by atoms with E-state index in [2.05, 4.69) is 83.4 Å². The van der Waals surface area contributed by atoms with Gasteiger partial charge in [0, 0.05) is 24.7 Å². The van der Waals surface area contributed by atoms with E-state index in [0.29, 0.717) is 0 Å². The van der Waals surface area contributed by atoms with Crippen LogP contribution < -0.4 is 0 Å². The molecule has 6 rings (SSSR count). The number of imidazole rings is 1. The Balaban J connectivity index is 1.32. The average molecular weight is 520 g/mol. The molecule has 200 valence electrons. The number of hydrogen-bond donors (Lipinski definition) is 0. The Morgan fingerprint density at radius 3 is 2.33 bits per heavy atom. The predicted molar refractivity (Wildman–Crippen MR) is 160 cm³/mol. The van der Waals surface area contributed by atoms with Crippen molar-refractivity contribution >= 4 is 38.7 Å². The maximum Gasteiger partial charge on any atom is 0.410 e. The van der Waals surface area contributed by atoms with Crippen LogP contribution in [0.15, 0.2) is 78.9 Å². The fourth-order valence-corrected chi connectivity index (χ4v) is 5.93. The number of benzene rings is 4. The predicted octanol–water partition coefficient (Wildman–Crippen LogP) is 8.58. The lowest BCUT2D eigenvalue weighted by molar-refractivity contribution is 0.00853. The first-order chi connectivity index (χ1) is 18.9. The molecule has 1 aromatic heterocycles. The molecule has 5 heteroatoms. The highest BCUT2D eigenvalue weighted by Crippen LogP contribution is 2.31. The summed E-state index contributed by atoms with van der Waals surface area (Å²) in [4.78, 5) is 20.1. The number of carbonyl (C=O) groups is 1. The van der Waals surface area contributed by atoms with Gasteiger partial charge in [0.05, 0.1) is 11.0 Å². The molecule has 1 aliphatic rings. The minimum Gasteiger partial charge on any atom is -0.444 e. The molecular weight excluding hydrogens is 482 g/mol. The molecule has 0 N–H and O–H groups in total. The van der Waals surface area contributed by atoms with Crippen molar-refractivity contribution in [3.63, 3.8) is 0 Å². The molecule has 0 spiro atoms. The largest absolute Gasteiger partial charge is 0.444 e. The molecule has 0 aliphatic carbocycles. The first kappa shape index (κ1) is 25.4. The van der Waals surface area contributed by atoms with Gasteiger partial charge in [0.1, 0.15) is 11.4 Å². The number of piperidine rings is 1. The molecule has 0 radical (unpaired) electrons. The standard InChI is InChI=1S/C34H37N3O2/c1-34(2,3)39-33(38)36-19-9-8-15-29(36)16-10-20-37-31-23-27-14-7-6-13-26(27)22-30(31)35-32(37)28-18-17-24-11-4-5-12-25(24)21-28/h4-7,11-14,17-18,21-23,29H,8-10,15-16,19-20H2,1-3H3. The number of carbonyl (C=O) groups excluding carboxylic acids is 1. The normalized spacial score (nSPS) is 16.3. The SMILES string of the molecule is CC(C)(C)OC(=O)N1CCCCC1CCCn1c(-c2ccc3ccccc3c2)nc2cc3ccccc3cc21. The van der Waals surface area contributed by atoms with Crippen molar-refractivity contribution in [3.05, 3.63) is 78.9 Å². The topological polar surface area (TPSA) is 47.4 Å². The van der Waals surface area contributed by atoms with Crippen LogP contribution in [0.5, 0.6) is 0 Å². The molecule has 0 saturated carbocycles. The average Bonchev–Trinajstić information content (AvgIpc) is 3.28. The van der Waals surface area contributed by atoms with E-state index in [0.717, 1.165) is 67.6 Å². The molecule has 4 aromatic carbocycles. The maximum atomic E-state index is 12.9. The minimum absolute atomic E-state index is 0.177. The second-order valence-corrected chi connectivity index (χ2v) is 11.8. The third-order valence-corrected chi connectivity index (χ3v) is 7.80. The lowest BCUT2D eigenvalue weighted by atomic mass is 9.98. The van der Waals surface area contributed by atoms with E-state index in [1.165, 1.54) is 21.5 Å². The third kappa shape index (κ3) is 5.36. The summed E-state index contributed by atoms with van der Waals surface area (Å²) in [6, 6.07) is 28.3. The number of amides is 1. The number of aryl methyl sites for hydroxylation is 1. The molecule has 1 atom stereocenters. The van der Waals surface area contributed by atoms with Gasteiger partial charge in [-0.2, -0.15) is 0 Å². The van der Waals surface area contributed by atoms with Crippen LogP contribution in [0.3, 0.4) is 0 Å². The lowest BCUT2D eigenvalue weighted by Gasteiger charge is -2.37. The van der Waals surface area contributed by atoms with Crippen LogP contribution in [-0.2, 0) is 11.3 Å². The van der Waals surface area contributed by atoms with Gasteiger partial charge >= 0.3 is 6.09 Å². The van der Waals surface area contributed by atoms with Gasteiger partial charge in [-0.15, -0.1) is 0 Å². The van der Waals surface area contributed by atoms with Crippen LogP contribution in [0.25, 0.3) is 44.0 Å². The van der Waals surface area contributed by atoms with Crippen molar-refractivity contribution < 1.29 is 9.53 Å². The second-order valence-electron chi connectivity index (χ2n) is 11.8. The van der Waals surface area contributed by atoms with Crippen molar-refractivity contribution in [1.82, 2.24) is 14.5 Å². The third-order valence-electron chi connectivity index (χ3n) is 7.80. The number of nitrogens with zero attached hydrogens (tertiary/aromatic N) is 3. The van der Waals surface area contributed by atoms with Gasteiger partial charge < -0.3 is 14.2 Å². The Bertz CT molecular complexity index is 1650. The number of likely N-dealkylation sites (tertiary alicyclic amines) is 1. The molecule has 39 heavy (non-hydrogen) atoms. The zero-order chi connectivity index (χ0) is 27.0. The maximum absolute atomic E-state index is 12.9. The monoisotopic (exact) mass is 519 g/mol. The molecular formula is C34H37N3O2. The smallest absolute Gasteiger partial charge is 0.410 e. The minimum atomic E-state index is -0.480. The second kappa shape index (κ2) is 10.4. The van der Waals surface area contributed by atoms with Crippen LogP contribution in [0.4, 0.5) is 4.79 Å². The Morgan fingerprint density at radius 1 is 0.897 bits per heavy atom. The fraction of sp³-hybridized carbons (Fsp3) is 0.353. The van der Waals surface area contributed by atoms with Gasteiger partial charge in [-0.1, -0.05) is 60.7 Å². The van der Waals surface area contributed by atoms with Crippen LogP contribution in [0.2, 0.25) is 0 Å². The zero-order valence-electron chi connectivity index (χ0n) is 23.2. The highest BCUT2D eigenvalue weighted by molar-refractivity contribution is 5.97. The van der Waals surface area contributed by atoms with Gasteiger partial charge in [-0.25, -0.2) is 9.78 Å². The lowest BCUT2D eigenvalue weighted by Crippen LogP contribution is -2.46. The van der Waals surface area contributed by atoms with E-state index < -0.39 is 5.60 Å². The van der Waals surface area contributed by atoms with E-state index in [4.69, 9.17) is 9.72 Å². The highest BCUT2D eigenvalue weighted by atomic mass is 16.6. The highest BCUT2D eigenvalue weighted by Gasteiger charge is 2.30. The number of fused-ring (bicyclic) bond motifs is 3. The molecule has 5 aromatic rings. The molecule has 1 aliphatic heterocycles. The van der Waals surface area contributed by atoms with Crippen LogP contribution in [0.1, 0.15) is 52.9 Å². The van der Waals surface area contributed by atoms with E-state index in [1.807, 2.05) is 25.7 Å². The van der Waals surface area contributed by atoms with Crippen molar-refractivity contribution in [3.8, 4) is 11.4 Å².